The second-order valence-electron chi connectivity index (χ2n) is 7.28. The standard InChI is InChI=1S/C24H38O4/c1-2-19-27-20-13-11-9-7-5-3-4-6-8-10-12-14-21-28-23-17-15-22(16-18-23)24(25)26/h2,15-18H,1,3-14,19-21H2,(H,25,26). The Bertz CT molecular complexity index is 510. The normalized spacial score (nSPS) is 10.7. The van der Waals surface area contributed by atoms with Gasteiger partial charge in [0.05, 0.1) is 18.8 Å². The predicted molar refractivity (Wildman–Crippen MR) is 115 cm³/mol. The van der Waals surface area contributed by atoms with Gasteiger partial charge in [-0.15, -0.1) is 6.58 Å². The van der Waals surface area contributed by atoms with Gasteiger partial charge < -0.3 is 14.6 Å². The van der Waals surface area contributed by atoms with Crippen LogP contribution < -0.4 is 4.74 Å². The maximum atomic E-state index is 10.8. The molecular formula is C24H38O4. The third-order valence-corrected chi connectivity index (χ3v) is 4.79. The highest BCUT2D eigenvalue weighted by atomic mass is 16.5. The van der Waals surface area contributed by atoms with Crippen molar-refractivity contribution in [3.63, 3.8) is 0 Å². The summed E-state index contributed by atoms with van der Waals surface area (Å²) in [6.07, 6.45) is 17.2. The molecule has 0 amide bonds. The topological polar surface area (TPSA) is 55.8 Å². The molecule has 0 aromatic heterocycles. The molecule has 0 spiro atoms. The number of unbranched alkanes of at least 4 members (excludes halogenated alkanes) is 11. The number of aromatic carboxylic acids is 1. The highest BCUT2D eigenvalue weighted by molar-refractivity contribution is 5.87. The number of hydrogen-bond donors (Lipinski definition) is 1. The molecule has 0 saturated heterocycles. The van der Waals surface area contributed by atoms with E-state index in [-0.39, 0.29) is 0 Å². The summed E-state index contributed by atoms with van der Waals surface area (Å²) in [5.74, 6) is -0.161. The molecule has 0 unspecified atom stereocenters. The zero-order chi connectivity index (χ0) is 20.3. The van der Waals surface area contributed by atoms with Crippen molar-refractivity contribution in [1.82, 2.24) is 0 Å². The Hall–Kier alpha value is -1.81. The summed E-state index contributed by atoms with van der Waals surface area (Å²) < 4.78 is 11.0. The van der Waals surface area contributed by atoms with Gasteiger partial charge in [0.1, 0.15) is 5.75 Å². The van der Waals surface area contributed by atoms with Crippen molar-refractivity contribution >= 4 is 5.97 Å². The molecule has 0 saturated carbocycles. The summed E-state index contributed by atoms with van der Waals surface area (Å²) >= 11 is 0. The minimum atomic E-state index is -0.906. The van der Waals surface area contributed by atoms with Crippen molar-refractivity contribution in [3.05, 3.63) is 42.5 Å². The van der Waals surface area contributed by atoms with Gasteiger partial charge in [0.25, 0.3) is 0 Å². The number of carboxylic acid groups (broad SMARTS) is 1. The smallest absolute Gasteiger partial charge is 0.335 e. The van der Waals surface area contributed by atoms with Crippen LogP contribution in [-0.2, 0) is 4.74 Å². The fraction of sp³-hybridized carbons (Fsp3) is 0.625. The van der Waals surface area contributed by atoms with E-state index in [1.54, 1.807) is 30.3 Å². The van der Waals surface area contributed by atoms with Gasteiger partial charge in [-0.3, -0.25) is 0 Å². The van der Waals surface area contributed by atoms with E-state index in [2.05, 4.69) is 6.58 Å². The third-order valence-electron chi connectivity index (χ3n) is 4.79. The Morgan fingerprint density at radius 3 is 1.71 bits per heavy atom. The van der Waals surface area contributed by atoms with E-state index in [4.69, 9.17) is 14.6 Å². The van der Waals surface area contributed by atoms with Crippen LogP contribution in [0.15, 0.2) is 36.9 Å². The summed E-state index contributed by atoms with van der Waals surface area (Å²) in [5.41, 5.74) is 0.293. The molecule has 1 aromatic rings. The monoisotopic (exact) mass is 390 g/mol. The van der Waals surface area contributed by atoms with Gasteiger partial charge in [-0.2, -0.15) is 0 Å². The maximum absolute atomic E-state index is 10.8. The molecule has 0 aliphatic carbocycles. The van der Waals surface area contributed by atoms with Crippen LogP contribution in [0.1, 0.15) is 87.4 Å². The van der Waals surface area contributed by atoms with Crippen LogP contribution >= 0.6 is 0 Å². The van der Waals surface area contributed by atoms with Gasteiger partial charge in [-0.05, 0) is 37.1 Å². The van der Waals surface area contributed by atoms with E-state index >= 15 is 0 Å². The lowest BCUT2D eigenvalue weighted by molar-refractivity contribution is 0.0697. The molecule has 0 heterocycles. The Morgan fingerprint density at radius 2 is 1.25 bits per heavy atom. The summed E-state index contributed by atoms with van der Waals surface area (Å²) in [6, 6.07) is 6.60. The molecule has 0 bridgehead atoms. The fourth-order valence-electron chi connectivity index (χ4n) is 3.12. The zero-order valence-corrected chi connectivity index (χ0v) is 17.4. The van der Waals surface area contributed by atoms with E-state index in [0.29, 0.717) is 18.8 Å². The predicted octanol–water partition coefficient (Wildman–Crippen LogP) is 6.65. The van der Waals surface area contributed by atoms with Crippen molar-refractivity contribution < 1.29 is 19.4 Å². The van der Waals surface area contributed by atoms with E-state index in [1.807, 2.05) is 0 Å². The lowest BCUT2D eigenvalue weighted by Gasteiger charge is -2.06. The van der Waals surface area contributed by atoms with Gasteiger partial charge in [0.15, 0.2) is 0 Å². The highest BCUT2D eigenvalue weighted by Gasteiger charge is 2.02. The van der Waals surface area contributed by atoms with Crippen LogP contribution in [0.4, 0.5) is 0 Å². The Labute approximate surface area is 170 Å². The average molecular weight is 391 g/mol. The molecule has 1 N–H and O–H groups in total. The molecule has 158 valence electrons. The average Bonchev–Trinajstić information content (AvgIpc) is 2.70. The van der Waals surface area contributed by atoms with E-state index in [0.717, 1.165) is 18.8 Å². The largest absolute Gasteiger partial charge is 0.494 e. The van der Waals surface area contributed by atoms with Gasteiger partial charge >= 0.3 is 5.97 Å². The second kappa shape index (κ2) is 17.3. The van der Waals surface area contributed by atoms with Crippen LogP contribution in [0.25, 0.3) is 0 Å². The molecular weight excluding hydrogens is 352 g/mol. The quantitative estimate of drug-likeness (QED) is 0.212. The molecule has 1 rings (SSSR count). The zero-order valence-electron chi connectivity index (χ0n) is 17.4. The maximum Gasteiger partial charge on any atom is 0.335 e. The second-order valence-corrected chi connectivity index (χ2v) is 7.28. The van der Waals surface area contributed by atoms with Crippen molar-refractivity contribution in [3.8, 4) is 5.75 Å². The van der Waals surface area contributed by atoms with Crippen LogP contribution in [0.3, 0.4) is 0 Å². The molecule has 0 atom stereocenters. The Balaban J connectivity index is 1.79. The number of ether oxygens (including phenoxy) is 2. The lowest BCUT2D eigenvalue weighted by Crippen LogP contribution is -1.99. The Kier molecular flexibility index (Phi) is 15.0. The summed E-state index contributed by atoms with van der Waals surface area (Å²) in [5, 5.41) is 8.86. The number of benzene rings is 1. The van der Waals surface area contributed by atoms with Gasteiger partial charge in [0.2, 0.25) is 0 Å². The van der Waals surface area contributed by atoms with Crippen LogP contribution in [-0.4, -0.2) is 30.9 Å². The molecule has 1 aromatic carbocycles. The minimum absolute atomic E-state index is 0.293. The third kappa shape index (κ3) is 13.4. The van der Waals surface area contributed by atoms with Crippen LogP contribution in [0.5, 0.6) is 5.75 Å². The number of hydrogen-bond acceptors (Lipinski definition) is 3. The SMILES string of the molecule is C=CCOCCCCCCCCCCCCCCOc1ccc(C(=O)O)cc1. The molecule has 0 aliphatic rings. The molecule has 28 heavy (non-hydrogen) atoms. The van der Waals surface area contributed by atoms with Crippen molar-refractivity contribution in [1.29, 1.82) is 0 Å². The molecule has 4 heteroatoms. The van der Waals surface area contributed by atoms with Gasteiger partial charge in [-0.1, -0.05) is 70.3 Å². The van der Waals surface area contributed by atoms with Crippen molar-refractivity contribution in [2.45, 2.75) is 77.0 Å². The van der Waals surface area contributed by atoms with E-state index in [9.17, 15) is 4.79 Å². The van der Waals surface area contributed by atoms with Crippen LogP contribution in [0, 0.1) is 0 Å². The van der Waals surface area contributed by atoms with Gasteiger partial charge in [-0.25, -0.2) is 4.79 Å². The number of carbonyl (C=O) groups is 1. The minimum Gasteiger partial charge on any atom is -0.494 e. The van der Waals surface area contributed by atoms with Crippen molar-refractivity contribution in [2.24, 2.45) is 0 Å². The first-order valence-electron chi connectivity index (χ1n) is 10.9. The van der Waals surface area contributed by atoms with Crippen molar-refractivity contribution in [2.75, 3.05) is 19.8 Å². The van der Waals surface area contributed by atoms with Gasteiger partial charge in [0, 0.05) is 6.61 Å². The first kappa shape index (κ1) is 24.2. The van der Waals surface area contributed by atoms with E-state index in [1.165, 1.54) is 70.6 Å². The molecule has 0 radical (unpaired) electrons. The first-order chi connectivity index (χ1) is 13.7. The highest BCUT2D eigenvalue weighted by Crippen LogP contribution is 2.14. The summed E-state index contributed by atoms with van der Waals surface area (Å²) in [6.45, 7) is 5.89. The number of rotatable bonds is 19. The fourth-order valence-corrected chi connectivity index (χ4v) is 3.12. The lowest BCUT2D eigenvalue weighted by atomic mass is 10.1. The first-order valence-corrected chi connectivity index (χ1v) is 10.9. The molecule has 4 nitrogen and oxygen atoms in total. The van der Waals surface area contributed by atoms with Crippen LogP contribution in [0.2, 0.25) is 0 Å². The summed E-state index contributed by atoms with van der Waals surface area (Å²) in [7, 11) is 0. The molecule has 0 fully saturated rings. The summed E-state index contributed by atoms with van der Waals surface area (Å²) in [4.78, 5) is 10.8. The molecule has 0 aliphatic heterocycles. The number of carboxylic acids is 1. The van der Waals surface area contributed by atoms with E-state index < -0.39 is 5.97 Å². The Morgan fingerprint density at radius 1 is 0.786 bits per heavy atom.